The van der Waals surface area contributed by atoms with Gasteiger partial charge in [0, 0.05) is 12.2 Å². The van der Waals surface area contributed by atoms with E-state index in [9.17, 15) is 14.0 Å². The molecule has 2 rings (SSSR count). The first kappa shape index (κ1) is 20.9. The quantitative estimate of drug-likeness (QED) is 0.659. The number of halogens is 1. The minimum Gasteiger partial charge on any atom is -0.465 e. The van der Waals surface area contributed by atoms with Gasteiger partial charge in [-0.1, -0.05) is 25.2 Å². The number of esters is 1. The summed E-state index contributed by atoms with van der Waals surface area (Å²) < 4.78 is 17.9. The molecular weight excluding hydrogens is 371 g/mol. The Hall–Kier alpha value is -2.39. The molecule has 1 amide bonds. The van der Waals surface area contributed by atoms with Crippen molar-refractivity contribution in [3.63, 3.8) is 0 Å². The largest absolute Gasteiger partial charge is 0.465 e. The third-order valence-corrected chi connectivity index (χ3v) is 4.31. The third kappa shape index (κ3) is 7.03. The molecule has 0 saturated carbocycles. The summed E-state index contributed by atoms with van der Waals surface area (Å²) in [6, 6.07) is 5.47. The lowest BCUT2D eigenvalue weighted by molar-refractivity contribution is -0.144. The van der Waals surface area contributed by atoms with Crippen LogP contribution in [0.2, 0.25) is 0 Å². The first-order chi connectivity index (χ1) is 12.9. The molecule has 0 spiro atoms. The van der Waals surface area contributed by atoms with Gasteiger partial charge in [0.15, 0.2) is 0 Å². The van der Waals surface area contributed by atoms with Crippen molar-refractivity contribution in [2.24, 2.45) is 5.92 Å². The van der Waals surface area contributed by atoms with Crippen molar-refractivity contribution >= 4 is 28.9 Å². The minimum atomic E-state index is -0.411. The van der Waals surface area contributed by atoms with Gasteiger partial charge in [0.1, 0.15) is 10.8 Å². The number of carbonyl (C=O) groups excluding carboxylic acids is 2. The maximum Gasteiger partial charge on any atom is 0.320 e. The maximum atomic E-state index is 12.9. The van der Waals surface area contributed by atoms with Gasteiger partial charge in [-0.15, -0.1) is 10.2 Å². The topological polar surface area (TPSA) is 84.4 Å². The lowest BCUT2D eigenvalue weighted by atomic mass is 10.2. The molecule has 7 nitrogen and oxygen atoms in total. The number of aromatic nitrogens is 2. The van der Waals surface area contributed by atoms with Crippen LogP contribution >= 0.6 is 11.3 Å². The molecule has 2 aromatic rings. The van der Waals surface area contributed by atoms with Crippen LogP contribution in [-0.2, 0) is 16.1 Å². The van der Waals surface area contributed by atoms with E-state index in [0.717, 1.165) is 11.3 Å². The average Bonchev–Trinajstić information content (AvgIpc) is 3.05. The Morgan fingerprint density at radius 3 is 2.59 bits per heavy atom. The molecule has 0 atom stereocenters. The smallest absolute Gasteiger partial charge is 0.320 e. The molecule has 1 aromatic carbocycles. The average molecular weight is 394 g/mol. The highest BCUT2D eigenvalue weighted by Crippen LogP contribution is 2.16. The number of nitrogens with one attached hydrogen (secondary N) is 1. The second kappa shape index (κ2) is 10.1. The first-order valence-corrected chi connectivity index (χ1v) is 9.46. The van der Waals surface area contributed by atoms with Gasteiger partial charge in [-0.25, -0.2) is 4.39 Å². The van der Waals surface area contributed by atoms with Crippen LogP contribution < -0.4 is 5.32 Å². The molecule has 27 heavy (non-hydrogen) atoms. The summed E-state index contributed by atoms with van der Waals surface area (Å²) in [6.07, 6.45) is 0. The fourth-order valence-corrected chi connectivity index (χ4v) is 3.19. The Bertz CT molecular complexity index is 764. The van der Waals surface area contributed by atoms with E-state index in [4.69, 9.17) is 4.74 Å². The van der Waals surface area contributed by atoms with Crippen molar-refractivity contribution in [1.82, 2.24) is 15.1 Å². The summed E-state index contributed by atoms with van der Waals surface area (Å²) in [5.41, 5.74) is 0.474. The Morgan fingerprint density at radius 2 is 1.96 bits per heavy atom. The van der Waals surface area contributed by atoms with Crippen LogP contribution in [0, 0.1) is 11.7 Å². The van der Waals surface area contributed by atoms with Crippen LogP contribution in [0.1, 0.15) is 35.6 Å². The van der Waals surface area contributed by atoms with Crippen LogP contribution in [0.5, 0.6) is 0 Å². The van der Waals surface area contributed by atoms with Crippen LogP contribution in [0.25, 0.3) is 0 Å². The predicted octanol–water partition coefficient (Wildman–Crippen LogP) is 2.95. The number of nitrogens with zero attached hydrogens (tertiary/aromatic N) is 3. The summed E-state index contributed by atoms with van der Waals surface area (Å²) in [5, 5.41) is 11.4. The fourth-order valence-electron chi connectivity index (χ4n) is 2.41. The Kier molecular flexibility index (Phi) is 7.81. The number of benzene rings is 1. The number of ether oxygens (including phenoxy) is 1. The van der Waals surface area contributed by atoms with Crippen molar-refractivity contribution in [2.45, 2.75) is 27.3 Å². The van der Waals surface area contributed by atoms with Crippen LogP contribution in [0.15, 0.2) is 24.3 Å². The lowest BCUT2D eigenvalue weighted by Gasteiger charge is -2.21. The van der Waals surface area contributed by atoms with E-state index in [-0.39, 0.29) is 23.3 Å². The van der Waals surface area contributed by atoms with Crippen LogP contribution in [0.3, 0.4) is 0 Å². The monoisotopic (exact) mass is 394 g/mol. The van der Waals surface area contributed by atoms with Crippen LogP contribution in [-0.4, -0.2) is 46.7 Å². The number of rotatable bonds is 9. The number of amides is 1. The van der Waals surface area contributed by atoms with E-state index in [1.165, 1.54) is 24.3 Å². The summed E-state index contributed by atoms with van der Waals surface area (Å²) in [7, 11) is 0. The maximum absolute atomic E-state index is 12.9. The number of hydrogen-bond acceptors (Lipinski definition) is 7. The molecule has 0 radical (unpaired) electrons. The molecule has 0 fully saturated rings. The highest BCUT2D eigenvalue weighted by Gasteiger charge is 2.18. The number of hydrogen-bond donors (Lipinski definition) is 1. The lowest BCUT2D eigenvalue weighted by Crippen LogP contribution is -2.33. The van der Waals surface area contributed by atoms with Crippen molar-refractivity contribution in [3.05, 3.63) is 40.1 Å². The molecule has 1 aromatic heterocycles. The SMILES string of the molecule is CCOC(=O)CN(Cc1nnc(C(=O)Nc2ccc(F)cc2)s1)CC(C)C. The van der Waals surface area contributed by atoms with Gasteiger partial charge in [-0.3, -0.25) is 14.5 Å². The Balaban J connectivity index is 1.99. The number of anilines is 1. The number of carbonyl (C=O) groups is 2. The molecule has 146 valence electrons. The summed E-state index contributed by atoms with van der Waals surface area (Å²) in [6.45, 7) is 7.46. The normalized spacial score (nSPS) is 11.0. The molecule has 1 N–H and O–H groups in total. The second-order valence-corrected chi connectivity index (χ2v) is 7.39. The molecule has 0 bridgehead atoms. The standard InChI is InChI=1S/C18H23FN4O3S/c1-4-26-16(24)11-23(9-12(2)3)10-15-21-22-18(27-15)17(25)20-14-7-5-13(19)6-8-14/h5-8,12H,4,9-11H2,1-3H3,(H,20,25). The van der Waals surface area contributed by atoms with Gasteiger partial charge in [-0.05, 0) is 37.1 Å². The van der Waals surface area contributed by atoms with E-state index in [1.807, 2.05) is 4.90 Å². The molecule has 0 unspecified atom stereocenters. The zero-order valence-electron chi connectivity index (χ0n) is 15.6. The minimum absolute atomic E-state index is 0.155. The summed E-state index contributed by atoms with van der Waals surface area (Å²) >= 11 is 1.16. The predicted molar refractivity (Wildman–Crippen MR) is 101 cm³/mol. The van der Waals surface area contributed by atoms with Gasteiger partial charge >= 0.3 is 5.97 Å². The summed E-state index contributed by atoms with van der Waals surface area (Å²) in [5.74, 6) is -0.727. The van der Waals surface area contributed by atoms with Crippen molar-refractivity contribution in [3.8, 4) is 0 Å². The van der Waals surface area contributed by atoms with E-state index in [1.54, 1.807) is 6.92 Å². The second-order valence-electron chi connectivity index (χ2n) is 6.33. The molecule has 9 heteroatoms. The molecule has 0 aliphatic rings. The van der Waals surface area contributed by atoms with Gasteiger partial charge in [0.2, 0.25) is 5.01 Å². The first-order valence-electron chi connectivity index (χ1n) is 8.64. The third-order valence-electron chi connectivity index (χ3n) is 3.40. The Labute approximate surface area is 161 Å². The van der Waals surface area contributed by atoms with E-state index < -0.39 is 5.91 Å². The van der Waals surface area contributed by atoms with Crippen molar-refractivity contribution < 1.29 is 18.7 Å². The summed E-state index contributed by atoms with van der Waals surface area (Å²) in [4.78, 5) is 26.0. The molecule has 0 aliphatic heterocycles. The zero-order chi connectivity index (χ0) is 19.8. The van der Waals surface area contributed by atoms with E-state index in [0.29, 0.717) is 36.3 Å². The van der Waals surface area contributed by atoms with Crippen LogP contribution in [0.4, 0.5) is 10.1 Å². The van der Waals surface area contributed by atoms with Gasteiger partial charge in [0.05, 0.1) is 19.7 Å². The van der Waals surface area contributed by atoms with E-state index >= 15 is 0 Å². The molecular formula is C18H23FN4O3S. The highest BCUT2D eigenvalue weighted by atomic mass is 32.1. The molecule has 0 saturated heterocycles. The highest BCUT2D eigenvalue weighted by molar-refractivity contribution is 7.13. The molecule has 1 heterocycles. The van der Waals surface area contributed by atoms with Crippen molar-refractivity contribution in [2.75, 3.05) is 25.0 Å². The van der Waals surface area contributed by atoms with E-state index in [2.05, 4.69) is 29.4 Å². The molecule has 0 aliphatic carbocycles. The Morgan fingerprint density at radius 1 is 1.26 bits per heavy atom. The van der Waals surface area contributed by atoms with Crippen molar-refractivity contribution in [1.29, 1.82) is 0 Å². The zero-order valence-corrected chi connectivity index (χ0v) is 16.4. The fraction of sp³-hybridized carbons (Fsp3) is 0.444. The van der Waals surface area contributed by atoms with Gasteiger partial charge in [0.25, 0.3) is 5.91 Å². The van der Waals surface area contributed by atoms with Gasteiger partial charge < -0.3 is 10.1 Å². The van der Waals surface area contributed by atoms with Gasteiger partial charge in [-0.2, -0.15) is 0 Å².